The third-order valence-electron chi connectivity index (χ3n) is 4.18. The summed E-state index contributed by atoms with van der Waals surface area (Å²) < 4.78 is 23.1. The Balaban J connectivity index is 0.00000147. The Hall–Kier alpha value is -0.780. The third kappa shape index (κ3) is 3.10. The minimum Gasteiger partial charge on any atom is -0.384 e. The van der Waals surface area contributed by atoms with Crippen molar-refractivity contribution in [2.75, 3.05) is 30.4 Å². The Morgan fingerprint density at radius 3 is 2.90 bits per heavy atom. The molecule has 1 unspecified atom stereocenters. The third-order valence-corrected chi connectivity index (χ3v) is 5.94. The molecule has 0 saturated carbocycles. The van der Waals surface area contributed by atoms with Gasteiger partial charge in [-0.3, -0.25) is 4.90 Å². The van der Waals surface area contributed by atoms with Gasteiger partial charge in [0.1, 0.15) is 0 Å². The highest BCUT2D eigenvalue weighted by atomic mass is 35.5. The first-order valence-corrected chi connectivity index (χ1v) is 8.62. The molecule has 20 heavy (non-hydrogen) atoms. The fraction of sp³-hybridized carbons (Fsp3) is 0.571. The highest BCUT2D eigenvalue weighted by Crippen LogP contribution is 2.28. The van der Waals surface area contributed by atoms with E-state index in [1.165, 1.54) is 16.8 Å². The molecule has 4 nitrogen and oxygen atoms in total. The van der Waals surface area contributed by atoms with Gasteiger partial charge in [0, 0.05) is 24.8 Å². The molecule has 2 aliphatic rings. The highest BCUT2D eigenvalue weighted by Gasteiger charge is 2.30. The maximum absolute atomic E-state index is 11.5. The van der Waals surface area contributed by atoms with Crippen LogP contribution < -0.4 is 5.32 Å². The van der Waals surface area contributed by atoms with E-state index in [4.69, 9.17) is 0 Å². The second-order valence-corrected chi connectivity index (χ2v) is 7.83. The van der Waals surface area contributed by atoms with Crippen LogP contribution >= 0.6 is 12.4 Å². The Labute approximate surface area is 126 Å². The Morgan fingerprint density at radius 2 is 2.20 bits per heavy atom. The SMILES string of the molecule is CN(Cc1cccc2c1NCC2)C1CCS(=O)(=O)C1.Cl. The number of halogens is 1. The van der Waals surface area contributed by atoms with E-state index < -0.39 is 9.84 Å². The molecule has 6 heteroatoms. The van der Waals surface area contributed by atoms with Gasteiger partial charge in [-0.05, 0) is 31.0 Å². The Bertz CT molecular complexity index is 589. The molecule has 1 saturated heterocycles. The standard InChI is InChI=1S/C14H20N2O2S.ClH/c1-16(13-6-8-19(17,18)10-13)9-12-4-2-3-11-5-7-15-14(11)12;/h2-4,13,15H,5-10H2,1H3;1H. The molecule has 0 radical (unpaired) electrons. The zero-order valence-corrected chi connectivity index (χ0v) is 13.3. The number of nitrogens with one attached hydrogen (secondary N) is 1. The maximum Gasteiger partial charge on any atom is 0.151 e. The molecular weight excluding hydrogens is 296 g/mol. The number of hydrogen-bond acceptors (Lipinski definition) is 4. The highest BCUT2D eigenvalue weighted by molar-refractivity contribution is 7.91. The number of hydrogen-bond donors (Lipinski definition) is 1. The van der Waals surface area contributed by atoms with Crippen molar-refractivity contribution in [3.05, 3.63) is 29.3 Å². The van der Waals surface area contributed by atoms with Crippen molar-refractivity contribution in [1.29, 1.82) is 0 Å². The van der Waals surface area contributed by atoms with Crippen molar-refractivity contribution in [2.45, 2.75) is 25.4 Å². The fourth-order valence-corrected chi connectivity index (χ4v) is 4.87. The molecule has 1 aromatic carbocycles. The molecule has 0 aliphatic carbocycles. The first-order valence-electron chi connectivity index (χ1n) is 6.80. The van der Waals surface area contributed by atoms with Crippen molar-refractivity contribution in [1.82, 2.24) is 4.90 Å². The van der Waals surface area contributed by atoms with Crippen LogP contribution in [0.3, 0.4) is 0 Å². The largest absolute Gasteiger partial charge is 0.384 e. The number of para-hydroxylation sites is 1. The molecule has 0 amide bonds. The average Bonchev–Trinajstić information content (AvgIpc) is 2.95. The molecule has 0 spiro atoms. The van der Waals surface area contributed by atoms with Crippen LogP contribution in [0, 0.1) is 0 Å². The summed E-state index contributed by atoms with van der Waals surface area (Å²) in [5.41, 5.74) is 3.92. The van der Waals surface area contributed by atoms with E-state index in [0.717, 1.165) is 25.9 Å². The molecule has 0 bridgehead atoms. The van der Waals surface area contributed by atoms with Gasteiger partial charge in [0.15, 0.2) is 9.84 Å². The fourth-order valence-electron chi connectivity index (χ4n) is 3.06. The van der Waals surface area contributed by atoms with Gasteiger partial charge >= 0.3 is 0 Å². The summed E-state index contributed by atoms with van der Waals surface area (Å²) in [4.78, 5) is 2.18. The molecule has 2 heterocycles. The lowest BCUT2D eigenvalue weighted by atomic mass is 10.1. The van der Waals surface area contributed by atoms with Gasteiger partial charge in [-0.2, -0.15) is 0 Å². The van der Waals surface area contributed by atoms with Crippen molar-refractivity contribution < 1.29 is 8.42 Å². The van der Waals surface area contributed by atoms with E-state index >= 15 is 0 Å². The number of sulfone groups is 1. The smallest absolute Gasteiger partial charge is 0.151 e. The lowest BCUT2D eigenvalue weighted by Gasteiger charge is -2.24. The topological polar surface area (TPSA) is 49.4 Å². The van der Waals surface area contributed by atoms with E-state index in [0.29, 0.717) is 11.5 Å². The monoisotopic (exact) mass is 316 g/mol. The summed E-state index contributed by atoms with van der Waals surface area (Å²) in [7, 11) is -0.774. The second-order valence-electron chi connectivity index (χ2n) is 5.60. The summed E-state index contributed by atoms with van der Waals surface area (Å²) in [5, 5.41) is 3.44. The molecule has 112 valence electrons. The average molecular weight is 317 g/mol. The van der Waals surface area contributed by atoms with Crippen LogP contribution in [0.25, 0.3) is 0 Å². The van der Waals surface area contributed by atoms with E-state index in [9.17, 15) is 8.42 Å². The van der Waals surface area contributed by atoms with Crippen molar-refractivity contribution >= 4 is 27.9 Å². The summed E-state index contributed by atoms with van der Waals surface area (Å²) >= 11 is 0. The molecule has 1 atom stereocenters. The molecular formula is C14H21ClN2O2S. The summed E-state index contributed by atoms with van der Waals surface area (Å²) in [6.45, 7) is 1.82. The minimum absolute atomic E-state index is 0. The van der Waals surface area contributed by atoms with Crippen molar-refractivity contribution in [3.8, 4) is 0 Å². The van der Waals surface area contributed by atoms with Crippen LogP contribution in [0.4, 0.5) is 5.69 Å². The van der Waals surface area contributed by atoms with Crippen LogP contribution in [0.2, 0.25) is 0 Å². The molecule has 0 aromatic heterocycles. The number of benzene rings is 1. The zero-order chi connectivity index (χ0) is 13.5. The van der Waals surface area contributed by atoms with Gasteiger partial charge in [-0.15, -0.1) is 12.4 Å². The second kappa shape index (κ2) is 5.92. The Kier molecular flexibility index (Phi) is 4.62. The van der Waals surface area contributed by atoms with Gasteiger partial charge in [0.25, 0.3) is 0 Å². The lowest BCUT2D eigenvalue weighted by molar-refractivity contribution is 0.254. The Morgan fingerprint density at radius 1 is 1.40 bits per heavy atom. The van der Waals surface area contributed by atoms with Gasteiger partial charge < -0.3 is 5.32 Å². The summed E-state index contributed by atoms with van der Waals surface area (Å²) in [5.74, 6) is 0.652. The normalized spacial score (nSPS) is 23.2. The summed E-state index contributed by atoms with van der Waals surface area (Å²) in [6, 6.07) is 6.57. The van der Waals surface area contributed by atoms with Gasteiger partial charge in [-0.1, -0.05) is 18.2 Å². The quantitative estimate of drug-likeness (QED) is 0.922. The summed E-state index contributed by atoms with van der Waals surface area (Å²) in [6.07, 6.45) is 1.85. The number of fused-ring (bicyclic) bond motifs is 1. The first-order chi connectivity index (χ1) is 9.05. The molecule has 1 fully saturated rings. The first kappa shape index (κ1) is 15.6. The maximum atomic E-state index is 11.5. The number of rotatable bonds is 3. The molecule has 2 aliphatic heterocycles. The van der Waals surface area contributed by atoms with Crippen molar-refractivity contribution in [2.24, 2.45) is 0 Å². The van der Waals surface area contributed by atoms with E-state index in [1.54, 1.807) is 0 Å². The van der Waals surface area contributed by atoms with Crippen LogP contribution in [-0.4, -0.2) is 44.5 Å². The van der Waals surface area contributed by atoms with Crippen LogP contribution in [0.5, 0.6) is 0 Å². The number of anilines is 1. The molecule has 3 rings (SSSR count). The van der Waals surface area contributed by atoms with Gasteiger partial charge in [0.2, 0.25) is 0 Å². The number of nitrogens with zero attached hydrogens (tertiary/aromatic N) is 1. The van der Waals surface area contributed by atoms with Crippen LogP contribution in [-0.2, 0) is 22.8 Å². The predicted octanol–water partition coefficient (Wildman–Crippen LogP) is 1.70. The zero-order valence-electron chi connectivity index (χ0n) is 11.6. The van der Waals surface area contributed by atoms with Crippen LogP contribution in [0.1, 0.15) is 17.5 Å². The van der Waals surface area contributed by atoms with E-state index in [2.05, 4.69) is 28.4 Å². The van der Waals surface area contributed by atoms with Gasteiger partial charge in [0.05, 0.1) is 11.5 Å². The van der Waals surface area contributed by atoms with Crippen LogP contribution in [0.15, 0.2) is 18.2 Å². The van der Waals surface area contributed by atoms with E-state index in [1.807, 2.05) is 7.05 Å². The van der Waals surface area contributed by atoms with E-state index in [-0.39, 0.29) is 18.4 Å². The molecule has 1 aromatic rings. The van der Waals surface area contributed by atoms with Gasteiger partial charge in [-0.25, -0.2) is 8.42 Å². The lowest BCUT2D eigenvalue weighted by Crippen LogP contribution is -2.32. The predicted molar refractivity (Wildman–Crippen MR) is 84.4 cm³/mol. The minimum atomic E-state index is -2.80. The molecule has 1 N–H and O–H groups in total. The van der Waals surface area contributed by atoms with Crippen molar-refractivity contribution in [3.63, 3.8) is 0 Å².